The Bertz CT molecular complexity index is 409. The molecule has 0 radical (unpaired) electrons. The molecule has 1 rings (SSSR count). The Morgan fingerprint density at radius 3 is 2.53 bits per heavy atom. The molecule has 1 atom stereocenters. The number of rotatable bonds is 4. The van der Waals surface area contributed by atoms with E-state index in [0.717, 1.165) is 12.1 Å². The van der Waals surface area contributed by atoms with Gasteiger partial charge in [0.25, 0.3) is 0 Å². The summed E-state index contributed by atoms with van der Waals surface area (Å²) in [6.07, 6.45) is 0.795. The van der Waals surface area contributed by atoms with Crippen LogP contribution in [0.5, 0.6) is 0 Å². The van der Waals surface area contributed by atoms with Crippen molar-refractivity contribution in [3.05, 3.63) is 35.4 Å². The molecule has 0 aliphatic carbocycles. The van der Waals surface area contributed by atoms with Crippen LogP contribution < -0.4 is 11.2 Å². The number of hydrogen-bond acceptors (Lipinski definition) is 2. The van der Waals surface area contributed by atoms with Crippen LogP contribution in [0, 0.1) is 6.92 Å². The lowest BCUT2D eigenvalue weighted by atomic mass is 9.95. The Morgan fingerprint density at radius 1 is 1.41 bits per heavy atom. The first-order chi connectivity index (χ1) is 7.99. The molecule has 92 valence electrons. The number of amides is 2. The van der Waals surface area contributed by atoms with Crippen LogP contribution in [0.25, 0.3) is 0 Å². The molecular weight excluding hydrogens is 214 g/mol. The Kier molecular flexibility index (Phi) is 4.69. The molecule has 0 unspecified atom stereocenters. The van der Waals surface area contributed by atoms with Crippen LogP contribution in [0.4, 0.5) is 4.79 Å². The van der Waals surface area contributed by atoms with Crippen molar-refractivity contribution in [3.63, 3.8) is 0 Å². The first-order valence-corrected chi connectivity index (χ1v) is 5.64. The van der Waals surface area contributed by atoms with Crippen LogP contribution in [0.15, 0.2) is 29.4 Å². The molecule has 17 heavy (non-hydrogen) atoms. The summed E-state index contributed by atoms with van der Waals surface area (Å²) < 4.78 is 0. The maximum absolute atomic E-state index is 10.5. The van der Waals surface area contributed by atoms with Crippen molar-refractivity contribution in [1.82, 2.24) is 5.43 Å². The topological polar surface area (TPSA) is 67.5 Å². The van der Waals surface area contributed by atoms with Crippen molar-refractivity contribution >= 4 is 11.7 Å². The minimum atomic E-state index is -0.632. The van der Waals surface area contributed by atoms with Gasteiger partial charge in [-0.3, -0.25) is 0 Å². The molecule has 0 aromatic heterocycles. The lowest BCUT2D eigenvalue weighted by Crippen LogP contribution is -2.25. The lowest BCUT2D eigenvalue weighted by molar-refractivity contribution is 0.249. The number of aryl methyl sites for hydroxylation is 1. The third-order valence-corrected chi connectivity index (χ3v) is 2.60. The number of nitrogens with zero attached hydrogens (tertiary/aromatic N) is 1. The summed E-state index contributed by atoms with van der Waals surface area (Å²) in [6, 6.07) is 7.80. The molecule has 0 heterocycles. The van der Waals surface area contributed by atoms with Gasteiger partial charge in [-0.1, -0.05) is 36.8 Å². The van der Waals surface area contributed by atoms with Crippen molar-refractivity contribution in [3.8, 4) is 0 Å². The normalized spacial score (nSPS) is 13.2. The Hall–Kier alpha value is -1.84. The average Bonchev–Trinajstić information content (AvgIpc) is 2.27. The van der Waals surface area contributed by atoms with Gasteiger partial charge in [0.05, 0.1) is 0 Å². The minimum absolute atomic E-state index is 0.369. The number of urea groups is 1. The molecule has 0 aliphatic rings. The molecule has 0 saturated heterocycles. The number of hydrogen-bond donors (Lipinski definition) is 2. The van der Waals surface area contributed by atoms with Crippen molar-refractivity contribution < 1.29 is 4.79 Å². The van der Waals surface area contributed by atoms with Crippen molar-refractivity contribution in [2.45, 2.75) is 33.1 Å². The largest absolute Gasteiger partial charge is 0.350 e. The zero-order valence-electron chi connectivity index (χ0n) is 10.5. The SMILES string of the molecule is CC(C[C@@H](C)c1ccc(C)cc1)=NNC(N)=O. The monoisotopic (exact) mass is 233 g/mol. The van der Waals surface area contributed by atoms with Crippen molar-refractivity contribution in [2.75, 3.05) is 0 Å². The van der Waals surface area contributed by atoms with E-state index in [1.165, 1.54) is 11.1 Å². The highest BCUT2D eigenvalue weighted by molar-refractivity contribution is 5.84. The Morgan fingerprint density at radius 2 is 2.00 bits per heavy atom. The molecule has 0 aliphatic heterocycles. The zero-order chi connectivity index (χ0) is 12.8. The minimum Gasteiger partial charge on any atom is -0.350 e. The number of nitrogens with one attached hydrogen (secondary N) is 1. The van der Waals surface area contributed by atoms with Crippen LogP contribution in [-0.2, 0) is 0 Å². The van der Waals surface area contributed by atoms with E-state index < -0.39 is 6.03 Å². The van der Waals surface area contributed by atoms with Gasteiger partial charge in [-0.25, -0.2) is 10.2 Å². The first kappa shape index (κ1) is 13.2. The third-order valence-electron chi connectivity index (χ3n) is 2.60. The van der Waals surface area contributed by atoms with Gasteiger partial charge in [-0.05, 0) is 31.7 Å². The second-order valence-electron chi connectivity index (χ2n) is 4.34. The van der Waals surface area contributed by atoms with Crippen molar-refractivity contribution in [1.29, 1.82) is 0 Å². The smallest absolute Gasteiger partial charge is 0.332 e. The van der Waals surface area contributed by atoms with Gasteiger partial charge in [0.2, 0.25) is 0 Å². The van der Waals surface area contributed by atoms with E-state index in [1.54, 1.807) is 0 Å². The highest BCUT2D eigenvalue weighted by Gasteiger charge is 2.07. The molecule has 1 aromatic carbocycles. The molecule has 0 saturated carbocycles. The van der Waals surface area contributed by atoms with E-state index in [-0.39, 0.29) is 0 Å². The fraction of sp³-hybridized carbons (Fsp3) is 0.385. The molecule has 4 heteroatoms. The summed E-state index contributed by atoms with van der Waals surface area (Å²) in [7, 11) is 0. The second kappa shape index (κ2) is 6.03. The van der Waals surface area contributed by atoms with E-state index in [0.29, 0.717) is 5.92 Å². The molecular formula is C13H19N3O. The lowest BCUT2D eigenvalue weighted by Gasteiger charge is -2.11. The zero-order valence-corrected chi connectivity index (χ0v) is 10.5. The third kappa shape index (κ3) is 4.68. The number of carbonyl (C=O) groups is 1. The predicted octanol–water partition coefficient (Wildman–Crippen LogP) is 2.53. The Balaban J connectivity index is 2.59. The highest BCUT2D eigenvalue weighted by Crippen LogP contribution is 2.19. The fourth-order valence-electron chi connectivity index (χ4n) is 1.65. The molecule has 1 aromatic rings. The van der Waals surface area contributed by atoms with E-state index in [1.807, 2.05) is 6.92 Å². The van der Waals surface area contributed by atoms with Crippen LogP contribution in [0.2, 0.25) is 0 Å². The summed E-state index contributed by atoms with van der Waals surface area (Å²) in [4.78, 5) is 10.5. The maximum Gasteiger partial charge on any atom is 0.332 e. The summed E-state index contributed by atoms with van der Waals surface area (Å²) in [5.74, 6) is 0.369. The van der Waals surface area contributed by atoms with Gasteiger partial charge in [0.15, 0.2) is 0 Å². The van der Waals surface area contributed by atoms with E-state index in [4.69, 9.17) is 5.73 Å². The van der Waals surface area contributed by atoms with E-state index in [9.17, 15) is 4.79 Å². The average molecular weight is 233 g/mol. The maximum atomic E-state index is 10.5. The van der Waals surface area contributed by atoms with Gasteiger partial charge in [-0.15, -0.1) is 0 Å². The molecule has 3 N–H and O–H groups in total. The summed E-state index contributed by atoms with van der Waals surface area (Å²) in [5.41, 5.74) is 10.6. The van der Waals surface area contributed by atoms with Gasteiger partial charge >= 0.3 is 6.03 Å². The molecule has 0 bridgehead atoms. The van der Waals surface area contributed by atoms with Crippen molar-refractivity contribution in [2.24, 2.45) is 10.8 Å². The standard InChI is InChI=1S/C13H19N3O/c1-9-4-6-12(7-5-9)10(2)8-11(3)15-16-13(14)17/h4-7,10H,8H2,1-3H3,(H3,14,16,17)/t10-/m1/s1. The number of carbonyl (C=O) groups excluding carboxylic acids is 1. The van der Waals surface area contributed by atoms with Gasteiger partial charge in [-0.2, -0.15) is 5.10 Å². The van der Waals surface area contributed by atoms with Crippen LogP contribution in [0.1, 0.15) is 37.3 Å². The molecule has 4 nitrogen and oxygen atoms in total. The quantitative estimate of drug-likeness (QED) is 0.609. The second-order valence-corrected chi connectivity index (χ2v) is 4.34. The first-order valence-electron chi connectivity index (χ1n) is 5.64. The van der Waals surface area contributed by atoms with Gasteiger partial charge in [0.1, 0.15) is 0 Å². The van der Waals surface area contributed by atoms with Gasteiger partial charge in [0, 0.05) is 5.71 Å². The molecule has 0 spiro atoms. The summed E-state index contributed by atoms with van der Waals surface area (Å²) in [6.45, 7) is 6.08. The molecule has 0 fully saturated rings. The number of hydrazone groups is 1. The van der Waals surface area contributed by atoms with E-state index >= 15 is 0 Å². The van der Waals surface area contributed by atoms with Crippen LogP contribution >= 0.6 is 0 Å². The fourth-order valence-corrected chi connectivity index (χ4v) is 1.65. The predicted molar refractivity (Wildman–Crippen MR) is 70.0 cm³/mol. The summed E-state index contributed by atoms with van der Waals surface area (Å²) in [5, 5.41) is 3.90. The highest BCUT2D eigenvalue weighted by atomic mass is 16.2. The number of primary amides is 1. The Labute approximate surface area is 102 Å². The van der Waals surface area contributed by atoms with E-state index in [2.05, 4.69) is 48.6 Å². The number of benzene rings is 1. The molecule has 2 amide bonds. The van der Waals surface area contributed by atoms with Crippen LogP contribution in [-0.4, -0.2) is 11.7 Å². The number of nitrogens with two attached hydrogens (primary N) is 1. The van der Waals surface area contributed by atoms with Crippen LogP contribution in [0.3, 0.4) is 0 Å². The summed E-state index contributed by atoms with van der Waals surface area (Å²) >= 11 is 0. The van der Waals surface area contributed by atoms with Gasteiger partial charge < -0.3 is 5.73 Å².